The van der Waals surface area contributed by atoms with Crippen LogP contribution in [-0.2, 0) is 9.59 Å². The maximum absolute atomic E-state index is 12.2. The van der Waals surface area contributed by atoms with Crippen LogP contribution in [0.15, 0.2) is 0 Å². The zero-order chi connectivity index (χ0) is 14.5. The van der Waals surface area contributed by atoms with Crippen molar-refractivity contribution in [1.82, 2.24) is 4.90 Å². The SMILES string of the molecule is CCCC(O)(CCC)CC(=O)N(CC(=O)O)C1CC1. The standard InChI is InChI=1S/C14H25NO4/c1-3-7-14(19,8-4-2)9-12(16)15(10-13(17)18)11-5-6-11/h11,19H,3-10H2,1-2H3,(H,17,18). The first kappa shape index (κ1) is 16.0. The molecule has 19 heavy (non-hydrogen) atoms. The number of carboxylic acids is 1. The van der Waals surface area contributed by atoms with Crippen LogP contribution >= 0.6 is 0 Å². The Kier molecular flexibility index (Phi) is 5.79. The van der Waals surface area contributed by atoms with Crippen LogP contribution in [0.1, 0.15) is 58.8 Å². The summed E-state index contributed by atoms with van der Waals surface area (Å²) in [6.07, 6.45) is 4.57. The summed E-state index contributed by atoms with van der Waals surface area (Å²) in [4.78, 5) is 24.5. The van der Waals surface area contributed by atoms with E-state index in [1.807, 2.05) is 13.8 Å². The molecule has 0 aromatic heterocycles. The summed E-state index contributed by atoms with van der Waals surface area (Å²) >= 11 is 0. The molecule has 0 aliphatic heterocycles. The number of carbonyl (C=O) groups is 2. The number of rotatable bonds is 9. The van der Waals surface area contributed by atoms with E-state index in [4.69, 9.17) is 5.11 Å². The van der Waals surface area contributed by atoms with E-state index in [1.165, 1.54) is 4.90 Å². The van der Waals surface area contributed by atoms with Gasteiger partial charge in [0, 0.05) is 6.04 Å². The summed E-state index contributed by atoms with van der Waals surface area (Å²) in [5.74, 6) is -1.22. The van der Waals surface area contributed by atoms with Crippen molar-refractivity contribution < 1.29 is 19.8 Å². The van der Waals surface area contributed by atoms with Gasteiger partial charge in [-0.05, 0) is 25.7 Å². The van der Waals surface area contributed by atoms with Gasteiger partial charge in [-0.1, -0.05) is 26.7 Å². The summed E-state index contributed by atoms with van der Waals surface area (Å²) in [6, 6.07) is 0.0658. The molecule has 0 unspecified atom stereocenters. The summed E-state index contributed by atoms with van der Waals surface area (Å²) in [7, 11) is 0. The van der Waals surface area contributed by atoms with Gasteiger partial charge in [-0.15, -0.1) is 0 Å². The molecule has 1 amide bonds. The van der Waals surface area contributed by atoms with Crippen LogP contribution in [0.3, 0.4) is 0 Å². The van der Waals surface area contributed by atoms with E-state index in [0.29, 0.717) is 12.8 Å². The van der Waals surface area contributed by atoms with Crippen LogP contribution in [0.2, 0.25) is 0 Å². The lowest BCUT2D eigenvalue weighted by Gasteiger charge is -2.30. The maximum atomic E-state index is 12.2. The molecular weight excluding hydrogens is 246 g/mol. The van der Waals surface area contributed by atoms with E-state index in [1.54, 1.807) is 0 Å². The first-order valence-electron chi connectivity index (χ1n) is 7.15. The molecular formula is C14H25NO4. The molecule has 0 radical (unpaired) electrons. The Labute approximate surface area is 114 Å². The molecule has 0 bridgehead atoms. The second kappa shape index (κ2) is 6.89. The zero-order valence-electron chi connectivity index (χ0n) is 11.9. The largest absolute Gasteiger partial charge is 0.480 e. The molecule has 5 nitrogen and oxygen atoms in total. The number of carbonyl (C=O) groups excluding carboxylic acids is 1. The van der Waals surface area contributed by atoms with Crippen LogP contribution in [-0.4, -0.2) is 45.2 Å². The summed E-state index contributed by atoms with van der Waals surface area (Å²) in [5, 5.41) is 19.3. The highest BCUT2D eigenvalue weighted by molar-refractivity contribution is 5.82. The number of amides is 1. The summed E-state index contributed by atoms with van der Waals surface area (Å²) in [6.45, 7) is 3.69. The van der Waals surface area contributed by atoms with Crippen molar-refractivity contribution in [2.75, 3.05) is 6.54 Å². The van der Waals surface area contributed by atoms with Gasteiger partial charge >= 0.3 is 5.97 Å². The smallest absolute Gasteiger partial charge is 0.323 e. The Bertz CT molecular complexity index is 319. The van der Waals surface area contributed by atoms with E-state index in [2.05, 4.69) is 0 Å². The Hall–Kier alpha value is -1.10. The van der Waals surface area contributed by atoms with Gasteiger partial charge in [0.05, 0.1) is 12.0 Å². The number of aliphatic hydroxyl groups is 1. The fourth-order valence-corrected chi connectivity index (χ4v) is 2.57. The van der Waals surface area contributed by atoms with Crippen molar-refractivity contribution in [3.05, 3.63) is 0 Å². The fraction of sp³-hybridized carbons (Fsp3) is 0.857. The van der Waals surface area contributed by atoms with Crippen molar-refractivity contribution in [2.24, 2.45) is 0 Å². The van der Waals surface area contributed by atoms with Crippen LogP contribution in [0.5, 0.6) is 0 Å². The van der Waals surface area contributed by atoms with Crippen LogP contribution < -0.4 is 0 Å². The third-order valence-electron chi connectivity index (χ3n) is 3.52. The molecule has 0 saturated heterocycles. The Morgan fingerprint density at radius 3 is 2.11 bits per heavy atom. The van der Waals surface area contributed by atoms with Gasteiger partial charge in [-0.2, -0.15) is 0 Å². The van der Waals surface area contributed by atoms with Gasteiger partial charge in [0.2, 0.25) is 5.91 Å². The molecule has 0 atom stereocenters. The van der Waals surface area contributed by atoms with Crippen molar-refractivity contribution in [3.8, 4) is 0 Å². The first-order valence-corrected chi connectivity index (χ1v) is 7.15. The fourth-order valence-electron chi connectivity index (χ4n) is 2.57. The lowest BCUT2D eigenvalue weighted by Crippen LogP contribution is -2.42. The van der Waals surface area contributed by atoms with E-state index in [-0.39, 0.29) is 24.9 Å². The number of nitrogens with zero attached hydrogens (tertiary/aromatic N) is 1. The van der Waals surface area contributed by atoms with Crippen molar-refractivity contribution in [2.45, 2.75) is 70.4 Å². The second-order valence-electron chi connectivity index (χ2n) is 5.55. The van der Waals surface area contributed by atoms with Gasteiger partial charge in [0.15, 0.2) is 0 Å². The monoisotopic (exact) mass is 271 g/mol. The molecule has 1 aliphatic carbocycles. The van der Waals surface area contributed by atoms with E-state index >= 15 is 0 Å². The number of carboxylic acid groups (broad SMARTS) is 1. The van der Waals surface area contributed by atoms with Crippen molar-refractivity contribution in [1.29, 1.82) is 0 Å². The zero-order valence-corrected chi connectivity index (χ0v) is 11.9. The highest BCUT2D eigenvalue weighted by Gasteiger charge is 2.37. The molecule has 0 heterocycles. The minimum Gasteiger partial charge on any atom is -0.480 e. The van der Waals surface area contributed by atoms with E-state index in [9.17, 15) is 14.7 Å². The summed E-state index contributed by atoms with van der Waals surface area (Å²) in [5.41, 5.74) is -0.980. The molecule has 1 saturated carbocycles. The van der Waals surface area contributed by atoms with Gasteiger partial charge < -0.3 is 15.1 Å². The van der Waals surface area contributed by atoms with Crippen LogP contribution in [0, 0.1) is 0 Å². The van der Waals surface area contributed by atoms with Crippen LogP contribution in [0.4, 0.5) is 0 Å². The lowest BCUT2D eigenvalue weighted by atomic mass is 9.89. The van der Waals surface area contributed by atoms with E-state index < -0.39 is 11.6 Å². The molecule has 0 spiro atoms. The molecule has 1 aliphatic rings. The normalized spacial score (nSPS) is 15.3. The Balaban J connectivity index is 2.64. The number of hydrogen-bond donors (Lipinski definition) is 2. The minimum absolute atomic E-state index is 0.0401. The highest BCUT2D eigenvalue weighted by Crippen LogP contribution is 2.30. The van der Waals surface area contributed by atoms with Gasteiger partial charge in [0.1, 0.15) is 6.54 Å². The molecule has 5 heteroatoms. The molecule has 0 aromatic carbocycles. The van der Waals surface area contributed by atoms with Crippen molar-refractivity contribution in [3.63, 3.8) is 0 Å². The quantitative estimate of drug-likeness (QED) is 0.670. The first-order chi connectivity index (χ1) is 8.91. The molecule has 110 valence electrons. The van der Waals surface area contributed by atoms with Crippen LogP contribution in [0.25, 0.3) is 0 Å². The lowest BCUT2D eigenvalue weighted by molar-refractivity contribution is -0.147. The van der Waals surface area contributed by atoms with Crippen molar-refractivity contribution >= 4 is 11.9 Å². The minimum atomic E-state index is -0.991. The maximum Gasteiger partial charge on any atom is 0.323 e. The summed E-state index contributed by atoms with van der Waals surface area (Å²) < 4.78 is 0. The average Bonchev–Trinajstić information content (AvgIpc) is 3.09. The third-order valence-corrected chi connectivity index (χ3v) is 3.52. The predicted octanol–water partition coefficient (Wildman–Crippen LogP) is 1.78. The topological polar surface area (TPSA) is 77.8 Å². The van der Waals surface area contributed by atoms with Gasteiger partial charge in [-0.25, -0.2) is 0 Å². The molecule has 2 N–H and O–H groups in total. The molecule has 1 rings (SSSR count). The van der Waals surface area contributed by atoms with Gasteiger partial charge in [0.25, 0.3) is 0 Å². The molecule has 1 fully saturated rings. The Morgan fingerprint density at radius 1 is 1.21 bits per heavy atom. The predicted molar refractivity (Wildman–Crippen MR) is 71.8 cm³/mol. The number of aliphatic carboxylic acids is 1. The van der Waals surface area contributed by atoms with E-state index in [0.717, 1.165) is 25.7 Å². The van der Waals surface area contributed by atoms with Gasteiger partial charge in [-0.3, -0.25) is 9.59 Å². The Morgan fingerprint density at radius 2 is 1.74 bits per heavy atom. The second-order valence-corrected chi connectivity index (χ2v) is 5.55. The average molecular weight is 271 g/mol. The molecule has 0 aromatic rings. The number of hydrogen-bond acceptors (Lipinski definition) is 3. The highest BCUT2D eigenvalue weighted by atomic mass is 16.4. The third kappa shape index (κ3) is 5.19.